The smallest absolute Gasteiger partial charge is 0.263 e. The SMILES string of the molecule is Cc1ccc(C(=O)N2CCC(N(CCn3ccnc3C)S(C)(=O)=O)C2)s1. The van der Waals surface area contributed by atoms with Crippen LogP contribution in [0.15, 0.2) is 24.5 Å². The predicted octanol–water partition coefficient (Wildman–Crippen LogP) is 1.74. The van der Waals surface area contributed by atoms with Crippen LogP contribution < -0.4 is 0 Å². The van der Waals surface area contributed by atoms with E-state index < -0.39 is 10.0 Å². The Morgan fingerprint density at radius 1 is 1.38 bits per heavy atom. The molecule has 0 spiro atoms. The van der Waals surface area contributed by atoms with Crippen LogP contribution >= 0.6 is 11.3 Å². The van der Waals surface area contributed by atoms with Gasteiger partial charge in [-0.2, -0.15) is 4.31 Å². The van der Waals surface area contributed by atoms with Crippen molar-refractivity contribution in [2.75, 3.05) is 25.9 Å². The second-order valence-electron chi connectivity index (χ2n) is 6.65. The van der Waals surface area contributed by atoms with E-state index in [1.165, 1.54) is 21.9 Å². The second kappa shape index (κ2) is 7.50. The number of sulfonamides is 1. The Hall–Kier alpha value is -1.71. The van der Waals surface area contributed by atoms with E-state index in [0.29, 0.717) is 37.5 Å². The average molecular weight is 397 g/mol. The monoisotopic (exact) mass is 396 g/mol. The van der Waals surface area contributed by atoms with E-state index in [1.807, 2.05) is 36.7 Å². The number of imidazole rings is 1. The number of carbonyl (C=O) groups is 1. The van der Waals surface area contributed by atoms with Crippen molar-refractivity contribution in [2.24, 2.45) is 0 Å². The Kier molecular flexibility index (Phi) is 5.50. The van der Waals surface area contributed by atoms with Gasteiger partial charge in [0.25, 0.3) is 5.91 Å². The molecule has 7 nitrogen and oxygen atoms in total. The van der Waals surface area contributed by atoms with Gasteiger partial charge < -0.3 is 9.47 Å². The Labute approximate surface area is 158 Å². The first-order valence-electron chi connectivity index (χ1n) is 8.56. The minimum Gasteiger partial charge on any atom is -0.336 e. The van der Waals surface area contributed by atoms with Gasteiger partial charge in [0, 0.05) is 49.5 Å². The maximum atomic E-state index is 12.6. The van der Waals surface area contributed by atoms with Crippen molar-refractivity contribution in [3.63, 3.8) is 0 Å². The average Bonchev–Trinajstić information content (AvgIpc) is 3.28. The van der Waals surface area contributed by atoms with Gasteiger partial charge in [-0.25, -0.2) is 13.4 Å². The molecule has 0 bridgehead atoms. The van der Waals surface area contributed by atoms with Crippen molar-refractivity contribution >= 4 is 27.3 Å². The minimum absolute atomic E-state index is 0.00972. The fraction of sp³-hybridized carbons (Fsp3) is 0.529. The summed E-state index contributed by atoms with van der Waals surface area (Å²) in [5, 5.41) is 0. The lowest BCUT2D eigenvalue weighted by Crippen LogP contribution is -2.43. The third-order valence-electron chi connectivity index (χ3n) is 4.72. The highest BCUT2D eigenvalue weighted by atomic mass is 32.2. The Morgan fingerprint density at radius 3 is 2.73 bits per heavy atom. The summed E-state index contributed by atoms with van der Waals surface area (Å²) in [6.07, 6.45) is 5.45. The van der Waals surface area contributed by atoms with Crippen LogP contribution in [0.2, 0.25) is 0 Å². The summed E-state index contributed by atoms with van der Waals surface area (Å²) in [6.45, 7) is 5.80. The molecule has 3 heterocycles. The highest BCUT2D eigenvalue weighted by Gasteiger charge is 2.35. The molecule has 1 saturated heterocycles. The normalized spacial score (nSPS) is 18.0. The molecule has 1 fully saturated rings. The Morgan fingerprint density at radius 2 is 2.15 bits per heavy atom. The van der Waals surface area contributed by atoms with Crippen LogP contribution in [0.1, 0.15) is 26.8 Å². The van der Waals surface area contributed by atoms with Crippen LogP contribution in [-0.4, -0.2) is 65.0 Å². The molecule has 0 aliphatic carbocycles. The molecular weight excluding hydrogens is 372 g/mol. The van der Waals surface area contributed by atoms with Gasteiger partial charge in [0.05, 0.1) is 11.1 Å². The van der Waals surface area contributed by atoms with E-state index in [0.717, 1.165) is 10.7 Å². The van der Waals surface area contributed by atoms with E-state index in [2.05, 4.69) is 4.98 Å². The Bertz CT molecular complexity index is 887. The van der Waals surface area contributed by atoms with Crippen molar-refractivity contribution < 1.29 is 13.2 Å². The molecule has 3 rings (SSSR count). The van der Waals surface area contributed by atoms with Crippen molar-refractivity contribution in [3.05, 3.63) is 40.1 Å². The van der Waals surface area contributed by atoms with Gasteiger partial charge in [-0.1, -0.05) is 0 Å². The molecule has 0 aromatic carbocycles. The van der Waals surface area contributed by atoms with E-state index >= 15 is 0 Å². The summed E-state index contributed by atoms with van der Waals surface area (Å²) >= 11 is 1.47. The third kappa shape index (κ3) is 4.16. The van der Waals surface area contributed by atoms with Gasteiger partial charge >= 0.3 is 0 Å². The summed E-state index contributed by atoms with van der Waals surface area (Å²) in [6, 6.07) is 3.59. The van der Waals surface area contributed by atoms with E-state index in [4.69, 9.17) is 0 Å². The number of aromatic nitrogens is 2. The van der Waals surface area contributed by atoms with Crippen molar-refractivity contribution in [2.45, 2.75) is 32.9 Å². The molecule has 9 heteroatoms. The number of likely N-dealkylation sites (tertiary alicyclic amines) is 1. The standard InChI is InChI=1S/C17H24N4O3S2/c1-13-4-5-16(25-13)17(22)20-8-6-15(12-20)21(26(3,23)24)11-10-19-9-7-18-14(19)2/h4-5,7,9,15H,6,8,10-12H2,1-3H3. The fourth-order valence-electron chi connectivity index (χ4n) is 3.33. The first kappa shape index (κ1) is 19.1. The van der Waals surface area contributed by atoms with Gasteiger partial charge in [0.15, 0.2) is 0 Å². The number of hydrogen-bond acceptors (Lipinski definition) is 5. The predicted molar refractivity (Wildman–Crippen MR) is 102 cm³/mol. The lowest BCUT2D eigenvalue weighted by Gasteiger charge is -2.27. The summed E-state index contributed by atoms with van der Waals surface area (Å²) in [5.41, 5.74) is 0. The molecule has 1 atom stereocenters. The van der Waals surface area contributed by atoms with Gasteiger partial charge in [-0.3, -0.25) is 4.79 Å². The van der Waals surface area contributed by atoms with Crippen LogP contribution in [0.3, 0.4) is 0 Å². The first-order chi connectivity index (χ1) is 12.3. The number of thiophene rings is 1. The Balaban J connectivity index is 1.68. The summed E-state index contributed by atoms with van der Waals surface area (Å²) in [4.78, 5) is 20.4. The van der Waals surface area contributed by atoms with E-state index in [-0.39, 0.29) is 11.9 Å². The molecule has 1 aliphatic rings. The molecule has 1 amide bonds. The van der Waals surface area contributed by atoms with Crippen LogP contribution in [0.5, 0.6) is 0 Å². The highest BCUT2D eigenvalue weighted by Crippen LogP contribution is 2.23. The van der Waals surface area contributed by atoms with Crippen molar-refractivity contribution in [1.82, 2.24) is 18.8 Å². The summed E-state index contributed by atoms with van der Waals surface area (Å²) in [5.74, 6) is 0.847. The molecular formula is C17H24N4O3S2. The molecule has 0 N–H and O–H groups in total. The summed E-state index contributed by atoms with van der Waals surface area (Å²) < 4.78 is 28.1. The molecule has 1 aliphatic heterocycles. The second-order valence-corrected chi connectivity index (χ2v) is 9.87. The zero-order chi connectivity index (χ0) is 18.9. The van der Waals surface area contributed by atoms with Gasteiger partial charge in [-0.05, 0) is 32.4 Å². The van der Waals surface area contributed by atoms with E-state index in [9.17, 15) is 13.2 Å². The maximum Gasteiger partial charge on any atom is 0.263 e. The number of rotatable bonds is 6. The zero-order valence-electron chi connectivity index (χ0n) is 15.3. The largest absolute Gasteiger partial charge is 0.336 e. The molecule has 0 saturated carbocycles. The van der Waals surface area contributed by atoms with Crippen LogP contribution in [0.25, 0.3) is 0 Å². The van der Waals surface area contributed by atoms with Crippen molar-refractivity contribution in [1.29, 1.82) is 0 Å². The lowest BCUT2D eigenvalue weighted by atomic mass is 10.2. The van der Waals surface area contributed by atoms with E-state index in [1.54, 1.807) is 11.1 Å². The zero-order valence-corrected chi connectivity index (χ0v) is 16.9. The minimum atomic E-state index is -3.36. The maximum absolute atomic E-state index is 12.6. The topological polar surface area (TPSA) is 75.5 Å². The number of carbonyl (C=O) groups excluding carboxylic acids is 1. The van der Waals surface area contributed by atoms with Gasteiger partial charge in [-0.15, -0.1) is 11.3 Å². The third-order valence-corrected chi connectivity index (χ3v) is 7.04. The summed E-state index contributed by atoms with van der Waals surface area (Å²) in [7, 11) is -3.36. The van der Waals surface area contributed by atoms with Gasteiger partial charge in [0.2, 0.25) is 10.0 Å². The van der Waals surface area contributed by atoms with Crippen LogP contribution in [0.4, 0.5) is 0 Å². The number of aryl methyl sites for hydroxylation is 2. The number of amides is 1. The molecule has 26 heavy (non-hydrogen) atoms. The highest BCUT2D eigenvalue weighted by molar-refractivity contribution is 7.88. The van der Waals surface area contributed by atoms with Crippen LogP contribution in [0, 0.1) is 13.8 Å². The quantitative estimate of drug-likeness (QED) is 0.745. The van der Waals surface area contributed by atoms with Crippen molar-refractivity contribution in [3.8, 4) is 0 Å². The van der Waals surface area contributed by atoms with Crippen LogP contribution in [-0.2, 0) is 16.6 Å². The lowest BCUT2D eigenvalue weighted by molar-refractivity contribution is 0.0789. The molecule has 142 valence electrons. The molecule has 2 aromatic heterocycles. The number of nitrogens with zero attached hydrogens (tertiary/aromatic N) is 4. The first-order valence-corrected chi connectivity index (χ1v) is 11.2. The fourth-order valence-corrected chi connectivity index (χ4v) is 5.29. The molecule has 0 radical (unpaired) electrons. The van der Waals surface area contributed by atoms with Gasteiger partial charge in [0.1, 0.15) is 5.82 Å². The molecule has 2 aromatic rings. The number of hydrogen-bond donors (Lipinski definition) is 0. The molecule has 1 unspecified atom stereocenters.